The van der Waals surface area contributed by atoms with Crippen molar-refractivity contribution in [3.63, 3.8) is 0 Å². The number of benzene rings is 1. The molecule has 0 saturated carbocycles. The number of amides is 2. The van der Waals surface area contributed by atoms with Crippen molar-refractivity contribution >= 4 is 17.5 Å². The number of nitrogens with zero attached hydrogens (tertiary/aromatic N) is 3. The third-order valence-electron chi connectivity index (χ3n) is 4.02. The van der Waals surface area contributed by atoms with E-state index in [1.807, 2.05) is 14.1 Å². The van der Waals surface area contributed by atoms with Crippen molar-refractivity contribution in [3.8, 4) is 0 Å². The first-order chi connectivity index (χ1) is 11.4. The predicted molar refractivity (Wildman–Crippen MR) is 92.8 cm³/mol. The van der Waals surface area contributed by atoms with Crippen molar-refractivity contribution in [2.45, 2.75) is 6.04 Å². The van der Waals surface area contributed by atoms with Crippen molar-refractivity contribution < 1.29 is 9.59 Å². The molecular formula is C16H24N6O2. The van der Waals surface area contributed by atoms with E-state index in [9.17, 15) is 9.59 Å². The summed E-state index contributed by atoms with van der Waals surface area (Å²) in [6, 6.07) is 7.09. The average molecular weight is 332 g/mol. The van der Waals surface area contributed by atoms with Gasteiger partial charge in [0.1, 0.15) is 0 Å². The van der Waals surface area contributed by atoms with Gasteiger partial charge in [-0.1, -0.05) is 0 Å². The molecule has 1 heterocycles. The van der Waals surface area contributed by atoms with E-state index in [-0.39, 0.29) is 18.4 Å². The van der Waals surface area contributed by atoms with Gasteiger partial charge < -0.3 is 20.9 Å². The summed E-state index contributed by atoms with van der Waals surface area (Å²) in [4.78, 5) is 27.9. The number of hydrogen-bond acceptors (Lipinski definition) is 6. The summed E-state index contributed by atoms with van der Waals surface area (Å²) in [5, 5.41) is 3.99. The summed E-state index contributed by atoms with van der Waals surface area (Å²) >= 11 is 0. The third kappa shape index (κ3) is 4.24. The smallest absolute Gasteiger partial charge is 0.251 e. The first-order valence-corrected chi connectivity index (χ1v) is 7.67. The minimum atomic E-state index is -0.294. The highest BCUT2D eigenvalue weighted by Crippen LogP contribution is 2.13. The fraction of sp³-hybridized carbons (Fsp3) is 0.375. The Morgan fingerprint density at radius 3 is 2.46 bits per heavy atom. The van der Waals surface area contributed by atoms with Crippen LogP contribution in [-0.2, 0) is 4.79 Å². The molecule has 130 valence electrons. The van der Waals surface area contributed by atoms with Crippen molar-refractivity contribution in [1.82, 2.24) is 15.1 Å². The lowest BCUT2D eigenvalue weighted by Crippen LogP contribution is -2.60. The first kappa shape index (κ1) is 17.8. The lowest BCUT2D eigenvalue weighted by atomic mass is 10.1. The Morgan fingerprint density at radius 2 is 1.92 bits per heavy atom. The number of hydrogen-bond donors (Lipinski definition) is 3. The number of carbonyl (C=O) groups is 2. The highest BCUT2D eigenvalue weighted by molar-refractivity contribution is 5.96. The largest absolute Gasteiger partial charge is 0.403 e. The number of nitrogens with two attached hydrogens (primary N) is 2. The molecule has 0 aliphatic carbocycles. The monoisotopic (exact) mass is 332 g/mol. The van der Waals surface area contributed by atoms with Crippen molar-refractivity contribution in [3.05, 3.63) is 42.2 Å². The Labute approximate surface area is 141 Å². The van der Waals surface area contributed by atoms with E-state index in [2.05, 4.69) is 10.2 Å². The zero-order chi connectivity index (χ0) is 17.7. The summed E-state index contributed by atoms with van der Waals surface area (Å²) in [7, 11) is 3.98. The Hall–Kier alpha value is -2.58. The molecule has 1 aliphatic rings. The van der Waals surface area contributed by atoms with Gasteiger partial charge in [-0.3, -0.25) is 14.6 Å². The van der Waals surface area contributed by atoms with Gasteiger partial charge in [-0.2, -0.15) is 0 Å². The molecule has 1 aromatic carbocycles. The standard InChI is InChI=1S/C16H24N6O2/c1-20(2)14-10-21(11-14)15(23)9-19-16(24)12-3-5-13(6-4-12)22(18)8-7-17/h3-8,14H,9-11,17-18H2,1-2H3,(H,19,24)/b8-7-. The first-order valence-electron chi connectivity index (χ1n) is 7.67. The molecule has 1 aliphatic heterocycles. The van der Waals surface area contributed by atoms with Crippen LogP contribution in [0.5, 0.6) is 0 Å². The van der Waals surface area contributed by atoms with Gasteiger partial charge in [0.2, 0.25) is 5.91 Å². The molecule has 1 aromatic rings. The molecule has 0 unspecified atom stereocenters. The van der Waals surface area contributed by atoms with Crippen molar-refractivity contribution in [1.29, 1.82) is 0 Å². The van der Waals surface area contributed by atoms with Crippen LogP contribution < -0.4 is 21.9 Å². The van der Waals surface area contributed by atoms with Crippen LogP contribution in [0, 0.1) is 0 Å². The molecule has 24 heavy (non-hydrogen) atoms. The van der Waals surface area contributed by atoms with E-state index in [0.717, 1.165) is 0 Å². The van der Waals surface area contributed by atoms with Gasteiger partial charge in [0.25, 0.3) is 5.91 Å². The molecule has 5 N–H and O–H groups in total. The van der Waals surface area contributed by atoms with Gasteiger partial charge in [-0.05, 0) is 38.4 Å². The molecule has 1 fully saturated rings. The lowest BCUT2D eigenvalue weighted by Gasteiger charge is -2.42. The molecule has 0 aromatic heterocycles. The second kappa shape index (κ2) is 7.80. The second-order valence-corrected chi connectivity index (χ2v) is 5.89. The van der Waals surface area contributed by atoms with Crippen LogP contribution in [0.25, 0.3) is 0 Å². The number of likely N-dealkylation sites (N-methyl/N-ethyl adjacent to an activating group) is 1. The minimum absolute atomic E-state index is 0.000339. The van der Waals surface area contributed by atoms with E-state index >= 15 is 0 Å². The quantitative estimate of drug-likeness (QED) is 0.470. The van der Waals surface area contributed by atoms with Gasteiger partial charge in [0, 0.05) is 37.1 Å². The number of carbonyl (C=O) groups excluding carboxylic acids is 2. The Bertz CT molecular complexity index is 607. The molecule has 8 nitrogen and oxygen atoms in total. The number of nitrogens with one attached hydrogen (secondary N) is 1. The Balaban J connectivity index is 1.81. The van der Waals surface area contributed by atoms with E-state index in [0.29, 0.717) is 30.4 Å². The minimum Gasteiger partial charge on any atom is -0.403 e. The fourth-order valence-electron chi connectivity index (χ4n) is 2.32. The normalized spacial score (nSPS) is 14.8. The Kier molecular flexibility index (Phi) is 5.78. The van der Waals surface area contributed by atoms with E-state index in [1.165, 1.54) is 17.4 Å². The van der Waals surface area contributed by atoms with E-state index < -0.39 is 0 Å². The summed E-state index contributed by atoms with van der Waals surface area (Å²) in [5.41, 5.74) is 6.43. The van der Waals surface area contributed by atoms with Gasteiger partial charge >= 0.3 is 0 Å². The highest BCUT2D eigenvalue weighted by atomic mass is 16.2. The van der Waals surface area contributed by atoms with E-state index in [1.54, 1.807) is 29.2 Å². The Morgan fingerprint density at radius 1 is 1.29 bits per heavy atom. The van der Waals surface area contributed by atoms with Crippen molar-refractivity contribution in [2.75, 3.05) is 38.7 Å². The predicted octanol–water partition coefficient (Wildman–Crippen LogP) is -0.701. The summed E-state index contributed by atoms with van der Waals surface area (Å²) < 4.78 is 0. The summed E-state index contributed by atoms with van der Waals surface area (Å²) in [6.45, 7) is 1.41. The lowest BCUT2D eigenvalue weighted by molar-refractivity contribution is -0.136. The molecule has 2 amide bonds. The van der Waals surface area contributed by atoms with Crippen LogP contribution >= 0.6 is 0 Å². The topological polar surface area (TPSA) is 108 Å². The third-order valence-corrected chi connectivity index (χ3v) is 4.02. The number of hydrazine groups is 1. The SMILES string of the molecule is CN(C)C1CN(C(=O)CNC(=O)c2ccc(N(N)/C=C\N)cc2)C1. The van der Waals surface area contributed by atoms with Crippen LogP contribution in [0.3, 0.4) is 0 Å². The van der Waals surface area contributed by atoms with Crippen molar-refractivity contribution in [2.24, 2.45) is 11.6 Å². The summed E-state index contributed by atoms with van der Waals surface area (Å²) in [5.74, 6) is 5.37. The molecule has 0 radical (unpaired) electrons. The molecule has 0 atom stereocenters. The average Bonchev–Trinajstić information content (AvgIpc) is 2.51. The van der Waals surface area contributed by atoms with Gasteiger partial charge in [-0.15, -0.1) is 0 Å². The maximum atomic E-state index is 12.1. The zero-order valence-electron chi connectivity index (χ0n) is 14.0. The van der Waals surface area contributed by atoms with Crippen LogP contribution in [0.2, 0.25) is 0 Å². The van der Waals surface area contributed by atoms with Crippen LogP contribution in [0.4, 0.5) is 5.69 Å². The van der Waals surface area contributed by atoms with E-state index in [4.69, 9.17) is 11.6 Å². The molecule has 0 bridgehead atoms. The molecular weight excluding hydrogens is 308 g/mol. The molecule has 8 heteroatoms. The molecule has 2 rings (SSSR count). The number of rotatable bonds is 6. The van der Waals surface area contributed by atoms with Crippen LogP contribution in [0.1, 0.15) is 10.4 Å². The van der Waals surface area contributed by atoms with Crippen LogP contribution in [-0.4, -0.2) is 61.4 Å². The maximum Gasteiger partial charge on any atom is 0.251 e. The molecule has 0 spiro atoms. The second-order valence-electron chi connectivity index (χ2n) is 5.89. The number of anilines is 1. The van der Waals surface area contributed by atoms with Gasteiger partial charge in [0.05, 0.1) is 12.2 Å². The van der Waals surface area contributed by atoms with Crippen LogP contribution in [0.15, 0.2) is 36.7 Å². The zero-order valence-corrected chi connectivity index (χ0v) is 14.0. The molecule has 1 saturated heterocycles. The summed E-state index contributed by atoms with van der Waals surface area (Å²) in [6.07, 6.45) is 2.82. The fourth-order valence-corrected chi connectivity index (χ4v) is 2.32. The number of likely N-dealkylation sites (tertiary alicyclic amines) is 1. The highest BCUT2D eigenvalue weighted by Gasteiger charge is 2.31. The van der Waals surface area contributed by atoms with Gasteiger partial charge in [0.15, 0.2) is 0 Å². The maximum absolute atomic E-state index is 12.1. The van der Waals surface area contributed by atoms with Gasteiger partial charge in [-0.25, -0.2) is 5.84 Å².